The second-order valence-electron chi connectivity index (χ2n) is 8.48. The van der Waals surface area contributed by atoms with E-state index in [1.54, 1.807) is 24.3 Å². The molecule has 5 rings (SSSR count). The van der Waals surface area contributed by atoms with Crippen LogP contribution in [0.25, 0.3) is 0 Å². The summed E-state index contributed by atoms with van der Waals surface area (Å²) in [5.41, 5.74) is 6.80. The molecule has 1 aliphatic carbocycles. The minimum atomic E-state index is -0.362. The lowest BCUT2D eigenvalue weighted by Gasteiger charge is -2.38. The average molecular weight is 431 g/mol. The fourth-order valence-electron chi connectivity index (χ4n) is 4.82. The summed E-state index contributed by atoms with van der Waals surface area (Å²) in [6.45, 7) is 4.05. The lowest BCUT2D eigenvalue weighted by atomic mass is 9.80. The predicted octanol–water partition coefficient (Wildman–Crippen LogP) is 3.28. The summed E-state index contributed by atoms with van der Waals surface area (Å²) in [4.78, 5) is 40.8. The lowest BCUT2D eigenvalue weighted by Crippen LogP contribution is -2.59. The van der Waals surface area contributed by atoms with E-state index in [-0.39, 0.29) is 29.6 Å². The summed E-state index contributed by atoms with van der Waals surface area (Å²) in [7, 11) is 0. The third-order valence-electron chi connectivity index (χ3n) is 6.61. The first kappa shape index (κ1) is 20.3. The van der Waals surface area contributed by atoms with Crippen LogP contribution in [0.15, 0.2) is 54.6 Å². The van der Waals surface area contributed by atoms with Gasteiger partial charge in [0.1, 0.15) is 0 Å². The molecule has 7 nitrogen and oxygen atoms in total. The second kappa shape index (κ2) is 8.15. The van der Waals surface area contributed by atoms with Crippen LogP contribution in [-0.4, -0.2) is 30.8 Å². The summed E-state index contributed by atoms with van der Waals surface area (Å²) in [5, 5.41) is 4.25. The number of nitrogens with one attached hydrogen (secondary N) is 2. The monoisotopic (exact) mass is 430 g/mol. The summed E-state index contributed by atoms with van der Waals surface area (Å²) in [5.74, 6) is -1.25. The van der Waals surface area contributed by atoms with E-state index in [2.05, 4.69) is 28.6 Å². The molecule has 3 amide bonds. The molecule has 3 aliphatic rings. The maximum Gasteiger partial charge on any atom is 0.255 e. The Kier molecular flexibility index (Phi) is 5.17. The van der Waals surface area contributed by atoms with Crippen molar-refractivity contribution in [2.24, 2.45) is 11.8 Å². The number of carbonyl (C=O) groups excluding carboxylic acids is 3. The van der Waals surface area contributed by atoms with Gasteiger partial charge in [-0.1, -0.05) is 24.3 Å². The minimum absolute atomic E-state index is 0.144. The number of anilines is 3. The Morgan fingerprint density at radius 3 is 2.72 bits per heavy atom. The zero-order valence-corrected chi connectivity index (χ0v) is 18.0. The largest absolute Gasteiger partial charge is 0.371 e. The van der Waals surface area contributed by atoms with Gasteiger partial charge in [0.15, 0.2) is 0 Å². The molecule has 0 aromatic heterocycles. The van der Waals surface area contributed by atoms with E-state index in [1.807, 2.05) is 24.3 Å². The molecule has 2 heterocycles. The van der Waals surface area contributed by atoms with Crippen molar-refractivity contribution < 1.29 is 14.4 Å². The van der Waals surface area contributed by atoms with Crippen LogP contribution in [0.3, 0.4) is 0 Å². The summed E-state index contributed by atoms with van der Waals surface area (Å²) in [6, 6.07) is 12.8. The van der Waals surface area contributed by atoms with Gasteiger partial charge in [0.05, 0.1) is 17.5 Å². The van der Waals surface area contributed by atoms with Gasteiger partial charge in [0.25, 0.3) is 5.91 Å². The topological polar surface area (TPSA) is 81.8 Å². The Morgan fingerprint density at radius 1 is 1.09 bits per heavy atom. The van der Waals surface area contributed by atoms with E-state index in [0.29, 0.717) is 24.1 Å². The Bertz CT molecular complexity index is 1130. The van der Waals surface area contributed by atoms with E-state index in [4.69, 9.17) is 0 Å². The Hall–Kier alpha value is -3.61. The molecule has 164 valence electrons. The van der Waals surface area contributed by atoms with Crippen molar-refractivity contribution in [1.82, 2.24) is 5.43 Å². The highest BCUT2D eigenvalue weighted by molar-refractivity contribution is 6.07. The second-order valence-corrected chi connectivity index (χ2v) is 8.48. The van der Waals surface area contributed by atoms with Gasteiger partial charge in [-0.2, -0.15) is 0 Å². The first-order valence-electron chi connectivity index (χ1n) is 11.1. The number of amides is 3. The van der Waals surface area contributed by atoms with Crippen LogP contribution >= 0.6 is 0 Å². The smallest absolute Gasteiger partial charge is 0.255 e. The third kappa shape index (κ3) is 3.53. The summed E-state index contributed by atoms with van der Waals surface area (Å²) >= 11 is 0. The highest BCUT2D eigenvalue weighted by Gasteiger charge is 2.42. The van der Waals surface area contributed by atoms with Crippen molar-refractivity contribution in [2.75, 3.05) is 28.3 Å². The van der Waals surface area contributed by atoms with Crippen LogP contribution in [-0.2, 0) is 16.0 Å². The summed E-state index contributed by atoms with van der Waals surface area (Å²) < 4.78 is 0. The van der Waals surface area contributed by atoms with Crippen molar-refractivity contribution in [1.29, 1.82) is 0 Å². The number of hydrogen-bond acceptors (Lipinski definition) is 4. The van der Waals surface area contributed by atoms with Gasteiger partial charge in [-0.05, 0) is 62.1 Å². The number of rotatable bonds is 4. The Labute approximate surface area is 187 Å². The molecule has 32 heavy (non-hydrogen) atoms. The maximum absolute atomic E-state index is 13.0. The summed E-state index contributed by atoms with van der Waals surface area (Å²) in [6.07, 6.45) is 6.06. The number of hydrogen-bond donors (Lipinski definition) is 2. The molecule has 0 radical (unpaired) electrons. The average Bonchev–Trinajstić information content (AvgIpc) is 3.24. The van der Waals surface area contributed by atoms with Gasteiger partial charge in [0, 0.05) is 30.0 Å². The molecule has 1 fully saturated rings. The number of fused-ring (bicyclic) bond motifs is 2. The quantitative estimate of drug-likeness (QED) is 0.730. The van der Waals surface area contributed by atoms with Crippen LogP contribution < -0.4 is 20.7 Å². The van der Waals surface area contributed by atoms with Gasteiger partial charge in [0.2, 0.25) is 11.8 Å². The Morgan fingerprint density at radius 2 is 1.91 bits per heavy atom. The molecule has 0 saturated carbocycles. The molecule has 2 N–H and O–H groups in total. The fraction of sp³-hybridized carbons (Fsp3) is 0.320. The van der Waals surface area contributed by atoms with Crippen LogP contribution in [0.4, 0.5) is 17.1 Å². The molecule has 2 unspecified atom stereocenters. The van der Waals surface area contributed by atoms with Crippen molar-refractivity contribution >= 4 is 34.8 Å². The number of carbonyl (C=O) groups is 3. The van der Waals surface area contributed by atoms with Gasteiger partial charge >= 0.3 is 0 Å². The highest BCUT2D eigenvalue weighted by Crippen LogP contribution is 2.33. The van der Waals surface area contributed by atoms with E-state index in [9.17, 15) is 14.4 Å². The molecule has 1 saturated heterocycles. The van der Waals surface area contributed by atoms with Gasteiger partial charge in [-0.3, -0.25) is 19.8 Å². The van der Waals surface area contributed by atoms with Gasteiger partial charge in [-0.15, -0.1) is 0 Å². The molecule has 2 aromatic carbocycles. The molecule has 2 aromatic rings. The van der Waals surface area contributed by atoms with Crippen LogP contribution in [0.5, 0.6) is 0 Å². The van der Waals surface area contributed by atoms with Gasteiger partial charge in [-0.25, -0.2) is 5.01 Å². The standard InChI is InChI=1S/C25H26N4O3/c1-2-28-13-12-16-10-11-18(15-22(16)28)26-23(30)17-6-5-7-19(14-17)29-25(32)21-9-4-3-8-20(21)24(31)27-29/h3-7,10-11,14-15,20-21H,2,8-9,12-13H2,1H3,(H,26,30)(H,27,31). The molecule has 2 atom stereocenters. The van der Waals surface area contributed by atoms with Crippen molar-refractivity contribution in [2.45, 2.75) is 26.2 Å². The normalized spacial score (nSPS) is 21.8. The minimum Gasteiger partial charge on any atom is -0.371 e. The Balaban J connectivity index is 1.35. The highest BCUT2D eigenvalue weighted by atomic mass is 16.2. The number of nitrogens with zero attached hydrogens (tertiary/aromatic N) is 2. The third-order valence-corrected chi connectivity index (χ3v) is 6.61. The molecule has 0 spiro atoms. The molecular weight excluding hydrogens is 404 g/mol. The van der Waals surface area contributed by atoms with Gasteiger partial charge < -0.3 is 10.2 Å². The first-order chi connectivity index (χ1) is 15.5. The molecule has 0 bridgehead atoms. The van der Waals surface area contributed by atoms with E-state index in [0.717, 1.165) is 30.9 Å². The zero-order chi connectivity index (χ0) is 22.2. The van der Waals surface area contributed by atoms with Crippen molar-refractivity contribution in [3.8, 4) is 0 Å². The van der Waals surface area contributed by atoms with Crippen LogP contribution in [0, 0.1) is 11.8 Å². The SMILES string of the molecule is CCN1CCc2ccc(NC(=O)c3cccc(N4NC(=O)C5CC=CCC5C4=O)c3)cc21. The number of allylic oxidation sites excluding steroid dienone is 2. The number of hydrazine groups is 1. The zero-order valence-electron chi connectivity index (χ0n) is 18.0. The van der Waals surface area contributed by atoms with Crippen LogP contribution in [0.2, 0.25) is 0 Å². The van der Waals surface area contributed by atoms with Crippen molar-refractivity contribution in [3.05, 3.63) is 65.7 Å². The van der Waals surface area contributed by atoms with Crippen LogP contribution in [0.1, 0.15) is 35.7 Å². The molecule has 2 aliphatic heterocycles. The van der Waals surface area contributed by atoms with E-state index in [1.165, 1.54) is 10.6 Å². The fourth-order valence-corrected chi connectivity index (χ4v) is 4.82. The van der Waals surface area contributed by atoms with E-state index < -0.39 is 0 Å². The lowest BCUT2D eigenvalue weighted by molar-refractivity contribution is -0.139. The predicted molar refractivity (Wildman–Crippen MR) is 123 cm³/mol. The maximum atomic E-state index is 13.0. The number of likely N-dealkylation sites (N-methyl/N-ethyl adjacent to an activating group) is 1. The molecule has 7 heteroatoms. The van der Waals surface area contributed by atoms with E-state index >= 15 is 0 Å². The molecular formula is C25H26N4O3. The number of benzene rings is 2. The van der Waals surface area contributed by atoms with Crippen molar-refractivity contribution in [3.63, 3.8) is 0 Å². The first-order valence-corrected chi connectivity index (χ1v) is 11.1.